The fourth-order valence-corrected chi connectivity index (χ4v) is 4.79. The minimum absolute atomic E-state index is 0.155. The predicted octanol–water partition coefficient (Wildman–Crippen LogP) is 3.18. The predicted molar refractivity (Wildman–Crippen MR) is 108 cm³/mol. The zero-order valence-corrected chi connectivity index (χ0v) is 17.8. The molecule has 2 aromatic rings. The van der Waals surface area contributed by atoms with E-state index in [9.17, 15) is 13.2 Å². The molecule has 0 bridgehead atoms. The Morgan fingerprint density at radius 3 is 2.57 bits per heavy atom. The second kappa shape index (κ2) is 7.33. The van der Waals surface area contributed by atoms with Crippen molar-refractivity contribution < 1.29 is 13.2 Å². The summed E-state index contributed by atoms with van der Waals surface area (Å²) in [5.74, 6) is 0.0245. The van der Waals surface area contributed by atoms with Gasteiger partial charge in [0, 0.05) is 17.8 Å². The number of aryl methyl sites for hydroxylation is 1. The SMILES string of the molecule is Cc1cccc(S(=O)(=O)NC(=O)c2ccc(Cl)nc2N2C[C@@H](C)CC2(C)C)n1. The molecule has 1 fully saturated rings. The quantitative estimate of drug-likeness (QED) is 0.760. The fraction of sp³-hybridized carbons (Fsp3) is 0.421. The molecule has 0 saturated carbocycles. The molecule has 2 aromatic heterocycles. The lowest BCUT2D eigenvalue weighted by Gasteiger charge is -2.33. The summed E-state index contributed by atoms with van der Waals surface area (Å²) in [6.07, 6.45) is 0.924. The van der Waals surface area contributed by atoms with E-state index in [2.05, 4.69) is 35.5 Å². The number of carbonyl (C=O) groups excluding carboxylic acids is 1. The van der Waals surface area contributed by atoms with E-state index in [0.717, 1.165) is 6.42 Å². The molecule has 7 nitrogen and oxygen atoms in total. The summed E-state index contributed by atoms with van der Waals surface area (Å²) in [7, 11) is -4.11. The number of aromatic nitrogens is 2. The lowest BCUT2D eigenvalue weighted by molar-refractivity contribution is 0.0981. The van der Waals surface area contributed by atoms with Gasteiger partial charge in [0.05, 0.1) is 5.56 Å². The molecule has 1 N–H and O–H groups in total. The maximum atomic E-state index is 12.9. The second-order valence-corrected chi connectivity index (χ2v) is 9.81. The number of hydrogen-bond donors (Lipinski definition) is 1. The van der Waals surface area contributed by atoms with Gasteiger partial charge in [0.1, 0.15) is 11.0 Å². The Bertz CT molecular complexity index is 1020. The Labute approximate surface area is 170 Å². The Morgan fingerprint density at radius 2 is 1.96 bits per heavy atom. The Morgan fingerprint density at radius 1 is 1.25 bits per heavy atom. The van der Waals surface area contributed by atoms with Crippen LogP contribution in [-0.2, 0) is 10.0 Å². The molecule has 1 atom stereocenters. The van der Waals surface area contributed by atoms with Crippen LogP contribution in [0.25, 0.3) is 0 Å². The van der Waals surface area contributed by atoms with Crippen molar-refractivity contribution in [3.63, 3.8) is 0 Å². The topological polar surface area (TPSA) is 92.3 Å². The van der Waals surface area contributed by atoms with Crippen molar-refractivity contribution in [1.29, 1.82) is 0 Å². The number of rotatable bonds is 4. The number of anilines is 1. The molecule has 1 saturated heterocycles. The third-order valence-electron chi connectivity index (χ3n) is 4.78. The summed E-state index contributed by atoms with van der Waals surface area (Å²) in [6.45, 7) is 8.63. The van der Waals surface area contributed by atoms with Crippen LogP contribution in [0.4, 0.5) is 5.82 Å². The molecule has 1 aliphatic heterocycles. The Balaban J connectivity index is 1.97. The van der Waals surface area contributed by atoms with E-state index in [0.29, 0.717) is 24.0 Å². The maximum Gasteiger partial charge on any atom is 0.281 e. The standard InChI is InChI=1S/C19H23ClN4O3S/c1-12-10-19(3,4)24(11-12)17-14(8-9-15(20)22-17)18(25)23-28(26,27)16-7-5-6-13(2)21-16/h5-9,12H,10-11H2,1-4H3,(H,23,25)/t12-/m0/s1. The van der Waals surface area contributed by atoms with Crippen molar-refractivity contribution in [3.05, 3.63) is 46.7 Å². The first-order chi connectivity index (χ1) is 13.0. The van der Waals surface area contributed by atoms with Gasteiger partial charge >= 0.3 is 0 Å². The van der Waals surface area contributed by atoms with Gasteiger partial charge in [0.25, 0.3) is 15.9 Å². The number of amides is 1. The van der Waals surface area contributed by atoms with Crippen LogP contribution >= 0.6 is 11.6 Å². The van der Waals surface area contributed by atoms with Crippen LogP contribution in [0.5, 0.6) is 0 Å². The number of pyridine rings is 2. The minimum atomic E-state index is -4.11. The molecule has 3 rings (SSSR count). The van der Waals surface area contributed by atoms with Crippen molar-refractivity contribution in [1.82, 2.24) is 14.7 Å². The third kappa shape index (κ3) is 4.12. The molecule has 1 amide bonds. The van der Waals surface area contributed by atoms with Gasteiger partial charge in [-0.25, -0.2) is 14.7 Å². The molecule has 28 heavy (non-hydrogen) atoms. The van der Waals surface area contributed by atoms with Gasteiger partial charge in [-0.05, 0) is 57.4 Å². The number of carbonyl (C=O) groups is 1. The van der Waals surface area contributed by atoms with E-state index in [1.807, 2.05) is 4.90 Å². The summed E-state index contributed by atoms with van der Waals surface area (Å²) in [6, 6.07) is 7.57. The number of hydrogen-bond acceptors (Lipinski definition) is 6. The van der Waals surface area contributed by atoms with Gasteiger partial charge in [-0.15, -0.1) is 0 Å². The van der Waals surface area contributed by atoms with Crippen molar-refractivity contribution in [3.8, 4) is 0 Å². The average molecular weight is 423 g/mol. The van der Waals surface area contributed by atoms with Crippen molar-refractivity contribution >= 4 is 33.3 Å². The molecular weight excluding hydrogens is 400 g/mol. The summed E-state index contributed by atoms with van der Waals surface area (Å²) in [5, 5.41) is 0.0320. The molecular formula is C19H23ClN4O3S. The number of halogens is 1. The molecule has 0 radical (unpaired) electrons. The summed E-state index contributed by atoms with van der Waals surface area (Å²) < 4.78 is 27.3. The smallest absolute Gasteiger partial charge is 0.281 e. The van der Waals surface area contributed by atoms with Crippen LogP contribution in [0.15, 0.2) is 35.4 Å². The van der Waals surface area contributed by atoms with E-state index in [4.69, 9.17) is 11.6 Å². The van der Waals surface area contributed by atoms with Gasteiger partial charge < -0.3 is 4.90 Å². The first-order valence-corrected chi connectivity index (χ1v) is 10.8. The molecule has 3 heterocycles. The lowest BCUT2D eigenvalue weighted by atomic mass is 9.97. The highest BCUT2D eigenvalue weighted by Crippen LogP contribution is 2.37. The largest absolute Gasteiger partial charge is 0.351 e. The summed E-state index contributed by atoms with van der Waals surface area (Å²) in [5.41, 5.74) is 0.461. The zero-order chi connectivity index (χ0) is 20.7. The van der Waals surface area contributed by atoms with E-state index < -0.39 is 15.9 Å². The maximum absolute atomic E-state index is 12.9. The van der Waals surface area contributed by atoms with Gasteiger partial charge in [-0.2, -0.15) is 8.42 Å². The zero-order valence-electron chi connectivity index (χ0n) is 16.2. The molecule has 150 valence electrons. The van der Waals surface area contributed by atoms with Crippen molar-refractivity contribution in [2.45, 2.75) is 44.7 Å². The Hall–Kier alpha value is -2.19. The van der Waals surface area contributed by atoms with Gasteiger partial charge in [0.15, 0.2) is 5.03 Å². The average Bonchev–Trinajstić information content (AvgIpc) is 2.86. The highest BCUT2D eigenvalue weighted by atomic mass is 35.5. The van der Waals surface area contributed by atoms with Gasteiger partial charge in [0.2, 0.25) is 0 Å². The van der Waals surface area contributed by atoms with Crippen LogP contribution < -0.4 is 9.62 Å². The first-order valence-electron chi connectivity index (χ1n) is 8.94. The second-order valence-electron chi connectivity index (χ2n) is 7.79. The molecule has 0 aromatic carbocycles. The monoisotopic (exact) mass is 422 g/mol. The van der Waals surface area contributed by atoms with E-state index in [1.165, 1.54) is 18.2 Å². The molecule has 0 aliphatic carbocycles. The first kappa shape index (κ1) is 20.5. The third-order valence-corrected chi connectivity index (χ3v) is 6.22. The van der Waals surface area contributed by atoms with Crippen molar-refractivity contribution in [2.75, 3.05) is 11.4 Å². The van der Waals surface area contributed by atoms with E-state index in [-0.39, 0.29) is 21.3 Å². The summed E-state index contributed by atoms with van der Waals surface area (Å²) in [4.78, 5) is 23.2. The number of nitrogens with zero attached hydrogens (tertiary/aromatic N) is 3. The van der Waals surface area contributed by atoms with Crippen LogP contribution in [0.2, 0.25) is 5.15 Å². The molecule has 9 heteroatoms. The lowest BCUT2D eigenvalue weighted by Crippen LogP contribution is -2.41. The number of sulfonamides is 1. The van der Waals surface area contributed by atoms with Crippen LogP contribution in [0.1, 0.15) is 43.2 Å². The van der Waals surface area contributed by atoms with Crippen LogP contribution in [-0.4, -0.2) is 36.4 Å². The highest BCUT2D eigenvalue weighted by Gasteiger charge is 2.39. The molecule has 1 aliphatic rings. The van der Waals surface area contributed by atoms with Crippen LogP contribution in [0.3, 0.4) is 0 Å². The van der Waals surface area contributed by atoms with Crippen LogP contribution in [0, 0.1) is 12.8 Å². The normalized spacial score (nSPS) is 18.9. The summed E-state index contributed by atoms with van der Waals surface area (Å²) >= 11 is 6.08. The Kier molecular flexibility index (Phi) is 5.38. The van der Waals surface area contributed by atoms with E-state index in [1.54, 1.807) is 19.1 Å². The van der Waals surface area contributed by atoms with Gasteiger partial charge in [-0.3, -0.25) is 4.79 Å². The highest BCUT2D eigenvalue weighted by molar-refractivity contribution is 7.90. The molecule has 0 spiro atoms. The molecule has 0 unspecified atom stereocenters. The van der Waals surface area contributed by atoms with Crippen molar-refractivity contribution in [2.24, 2.45) is 5.92 Å². The minimum Gasteiger partial charge on any atom is -0.351 e. The van der Waals surface area contributed by atoms with E-state index >= 15 is 0 Å². The van der Waals surface area contributed by atoms with Gasteiger partial charge in [-0.1, -0.05) is 24.6 Å². The number of nitrogens with one attached hydrogen (secondary N) is 1. The fourth-order valence-electron chi connectivity index (χ4n) is 3.66.